The molecule has 1 amide bonds. The van der Waals surface area contributed by atoms with Crippen LogP contribution in [0.15, 0.2) is 42.5 Å². The molecule has 0 aliphatic carbocycles. The van der Waals surface area contributed by atoms with Crippen molar-refractivity contribution in [2.75, 3.05) is 13.7 Å². The molecule has 2 rings (SSSR count). The van der Waals surface area contributed by atoms with E-state index in [9.17, 15) is 13.6 Å². The van der Waals surface area contributed by atoms with Crippen molar-refractivity contribution in [1.29, 1.82) is 0 Å². The second kappa shape index (κ2) is 12.4. The summed E-state index contributed by atoms with van der Waals surface area (Å²) in [7, 11) is 1.54. The van der Waals surface area contributed by atoms with Gasteiger partial charge in [-0.2, -0.15) is 0 Å². The third-order valence-electron chi connectivity index (χ3n) is 5.21. The highest BCUT2D eigenvalue weighted by Gasteiger charge is 2.23. The summed E-state index contributed by atoms with van der Waals surface area (Å²) >= 11 is 0. The zero-order chi connectivity index (χ0) is 21.9. The van der Waals surface area contributed by atoms with Gasteiger partial charge in [-0.15, -0.1) is 0 Å². The predicted octanol–water partition coefficient (Wildman–Crippen LogP) is 4.43. The molecule has 0 radical (unpaired) electrons. The fourth-order valence-electron chi connectivity index (χ4n) is 3.44. The molecule has 2 aromatic carbocycles. The second-order valence-electron chi connectivity index (χ2n) is 7.44. The van der Waals surface area contributed by atoms with Crippen LogP contribution < -0.4 is 10.8 Å². The van der Waals surface area contributed by atoms with Crippen molar-refractivity contribution in [1.82, 2.24) is 10.8 Å². The molecule has 0 aliphatic heterocycles. The van der Waals surface area contributed by atoms with Crippen molar-refractivity contribution in [3.8, 4) is 0 Å². The maximum absolute atomic E-state index is 13.3. The van der Waals surface area contributed by atoms with Crippen LogP contribution in [0.5, 0.6) is 0 Å². The summed E-state index contributed by atoms with van der Waals surface area (Å²) < 4.78 is 31.9. The lowest BCUT2D eigenvalue weighted by molar-refractivity contribution is -0.135. The Bertz CT molecular complexity index is 800. The van der Waals surface area contributed by atoms with E-state index in [-0.39, 0.29) is 17.7 Å². The third kappa shape index (κ3) is 7.48. The molecule has 2 atom stereocenters. The summed E-state index contributed by atoms with van der Waals surface area (Å²) in [6.07, 6.45) is 2.24. The molecule has 30 heavy (non-hydrogen) atoms. The molecule has 0 aromatic heterocycles. The van der Waals surface area contributed by atoms with Gasteiger partial charge in [0, 0.05) is 19.6 Å². The molecule has 0 spiro atoms. The Morgan fingerprint density at radius 3 is 2.50 bits per heavy atom. The van der Waals surface area contributed by atoms with Crippen LogP contribution in [0.25, 0.3) is 0 Å². The van der Waals surface area contributed by atoms with Gasteiger partial charge in [0.25, 0.3) is 0 Å². The van der Waals surface area contributed by atoms with Crippen LogP contribution in [-0.2, 0) is 16.1 Å². The first kappa shape index (κ1) is 23.9. The number of rotatable bonds is 12. The molecule has 7 heteroatoms. The molecule has 0 aliphatic rings. The highest BCUT2D eigenvalue weighted by molar-refractivity contribution is 5.77. The molecule has 5 nitrogen and oxygen atoms in total. The Kier molecular flexibility index (Phi) is 9.86. The van der Waals surface area contributed by atoms with Crippen molar-refractivity contribution >= 4 is 5.91 Å². The number of nitrogens with one attached hydrogen (secondary N) is 2. The van der Waals surface area contributed by atoms with E-state index in [1.165, 1.54) is 18.2 Å². The van der Waals surface area contributed by atoms with Crippen molar-refractivity contribution in [3.63, 3.8) is 0 Å². The second-order valence-corrected chi connectivity index (χ2v) is 7.44. The standard InChI is InChI=1S/C23H30F2N2O3/c1-16-13-17(6-11-21(16)25)15-26-12-4-3-5-19(23(28)27-29)14-22(30-2)18-7-9-20(24)10-8-18/h6-11,13,19,22,26,29H,3-5,12,14-15H2,1-2H3,(H,27,28)/t19-,22+/m0/s1. The maximum Gasteiger partial charge on any atom is 0.246 e. The van der Waals surface area contributed by atoms with E-state index in [1.54, 1.807) is 37.7 Å². The van der Waals surface area contributed by atoms with Gasteiger partial charge in [-0.1, -0.05) is 30.7 Å². The van der Waals surface area contributed by atoms with Crippen LogP contribution in [0.1, 0.15) is 48.5 Å². The van der Waals surface area contributed by atoms with E-state index in [2.05, 4.69) is 5.32 Å². The van der Waals surface area contributed by atoms with E-state index in [1.807, 2.05) is 6.07 Å². The van der Waals surface area contributed by atoms with Crippen LogP contribution >= 0.6 is 0 Å². The third-order valence-corrected chi connectivity index (χ3v) is 5.21. The monoisotopic (exact) mass is 420 g/mol. The molecular formula is C23H30F2N2O3. The highest BCUT2D eigenvalue weighted by Crippen LogP contribution is 2.27. The number of aryl methyl sites for hydroxylation is 1. The molecule has 0 heterocycles. The topological polar surface area (TPSA) is 70.6 Å². The number of halogens is 2. The number of ether oxygens (including phenoxy) is 1. The van der Waals surface area contributed by atoms with Crippen LogP contribution in [0.4, 0.5) is 8.78 Å². The number of hydrogen-bond acceptors (Lipinski definition) is 4. The van der Waals surface area contributed by atoms with Gasteiger partial charge in [-0.25, -0.2) is 14.3 Å². The number of amides is 1. The van der Waals surface area contributed by atoms with Crippen molar-refractivity contribution in [2.24, 2.45) is 5.92 Å². The van der Waals surface area contributed by atoms with Gasteiger partial charge >= 0.3 is 0 Å². The van der Waals surface area contributed by atoms with Gasteiger partial charge in [-0.3, -0.25) is 10.0 Å². The fraction of sp³-hybridized carbons (Fsp3) is 0.435. The van der Waals surface area contributed by atoms with Crippen LogP contribution in [0.2, 0.25) is 0 Å². The molecule has 0 bridgehead atoms. The smallest absolute Gasteiger partial charge is 0.246 e. The summed E-state index contributed by atoms with van der Waals surface area (Å²) in [5.74, 6) is -1.41. The van der Waals surface area contributed by atoms with Gasteiger partial charge in [0.1, 0.15) is 11.6 Å². The lowest BCUT2D eigenvalue weighted by atomic mass is 9.91. The largest absolute Gasteiger partial charge is 0.377 e. The molecule has 3 N–H and O–H groups in total. The van der Waals surface area contributed by atoms with Gasteiger partial charge in [-0.05, 0) is 67.6 Å². The molecule has 2 aromatic rings. The Balaban J connectivity index is 1.79. The number of unbranched alkanes of at least 4 members (excludes halogenated alkanes) is 1. The minimum absolute atomic E-state index is 0.207. The summed E-state index contributed by atoms with van der Waals surface area (Å²) in [6.45, 7) is 3.15. The Morgan fingerprint density at radius 2 is 1.87 bits per heavy atom. The van der Waals surface area contributed by atoms with Gasteiger partial charge < -0.3 is 10.1 Å². The molecule has 0 fully saturated rings. The van der Waals surface area contributed by atoms with E-state index in [0.717, 1.165) is 30.5 Å². The number of carbonyl (C=O) groups is 1. The number of hydroxylamine groups is 1. The fourth-order valence-corrected chi connectivity index (χ4v) is 3.44. The molecule has 0 saturated carbocycles. The van der Waals surface area contributed by atoms with Gasteiger partial charge in [0.15, 0.2) is 0 Å². The number of benzene rings is 2. The summed E-state index contributed by atoms with van der Waals surface area (Å²) in [5, 5.41) is 12.4. The van der Waals surface area contributed by atoms with Crippen molar-refractivity contribution in [2.45, 2.75) is 45.3 Å². The molecule has 0 saturated heterocycles. The van der Waals surface area contributed by atoms with Crippen LogP contribution in [-0.4, -0.2) is 24.8 Å². The average molecular weight is 421 g/mol. The Morgan fingerprint density at radius 1 is 1.13 bits per heavy atom. The molecule has 164 valence electrons. The Labute approximate surface area is 176 Å². The summed E-state index contributed by atoms with van der Waals surface area (Å²) in [5.41, 5.74) is 4.17. The van der Waals surface area contributed by atoms with Gasteiger partial charge in [0.2, 0.25) is 5.91 Å². The van der Waals surface area contributed by atoms with Crippen molar-refractivity contribution < 1.29 is 23.5 Å². The van der Waals surface area contributed by atoms with E-state index in [0.29, 0.717) is 24.9 Å². The molecular weight excluding hydrogens is 390 g/mol. The lowest BCUT2D eigenvalue weighted by Gasteiger charge is -2.22. The normalized spacial score (nSPS) is 13.1. The quantitative estimate of drug-likeness (QED) is 0.270. The molecule has 0 unspecified atom stereocenters. The van der Waals surface area contributed by atoms with E-state index in [4.69, 9.17) is 9.94 Å². The number of methoxy groups -OCH3 is 1. The van der Waals surface area contributed by atoms with Crippen LogP contribution in [0.3, 0.4) is 0 Å². The summed E-state index contributed by atoms with van der Waals surface area (Å²) in [6, 6.07) is 11.0. The minimum atomic E-state index is -0.450. The minimum Gasteiger partial charge on any atom is -0.377 e. The lowest BCUT2D eigenvalue weighted by Crippen LogP contribution is -2.29. The first-order valence-electron chi connectivity index (χ1n) is 10.1. The number of carbonyl (C=O) groups excluding carboxylic acids is 1. The summed E-state index contributed by atoms with van der Waals surface area (Å²) in [4.78, 5) is 12.1. The first-order valence-corrected chi connectivity index (χ1v) is 10.1. The first-order chi connectivity index (χ1) is 14.4. The maximum atomic E-state index is 13.3. The SMILES string of the molecule is CO[C@H](C[C@H](CCCCNCc1ccc(F)c(C)c1)C(=O)NO)c1ccc(F)cc1. The average Bonchev–Trinajstić information content (AvgIpc) is 2.75. The van der Waals surface area contributed by atoms with Gasteiger partial charge in [0.05, 0.1) is 6.10 Å². The Hall–Kier alpha value is -2.35. The van der Waals surface area contributed by atoms with E-state index >= 15 is 0 Å². The highest BCUT2D eigenvalue weighted by atomic mass is 19.1. The van der Waals surface area contributed by atoms with Crippen molar-refractivity contribution in [3.05, 3.63) is 70.8 Å². The van der Waals surface area contributed by atoms with E-state index < -0.39 is 11.8 Å². The predicted molar refractivity (Wildman–Crippen MR) is 111 cm³/mol. The van der Waals surface area contributed by atoms with Crippen LogP contribution in [0, 0.1) is 24.5 Å². The zero-order valence-corrected chi connectivity index (χ0v) is 17.5. The number of hydrogen-bond donors (Lipinski definition) is 3. The zero-order valence-electron chi connectivity index (χ0n) is 17.5.